The van der Waals surface area contributed by atoms with E-state index in [0.29, 0.717) is 10.5 Å². The van der Waals surface area contributed by atoms with Crippen LogP contribution >= 0.6 is 11.6 Å². The van der Waals surface area contributed by atoms with Crippen molar-refractivity contribution in [2.45, 2.75) is 51.7 Å². The molecule has 2 rings (SSSR count). The highest BCUT2D eigenvalue weighted by atomic mass is 35.5. The van der Waals surface area contributed by atoms with E-state index in [9.17, 15) is 8.78 Å². The van der Waals surface area contributed by atoms with Gasteiger partial charge in [0, 0.05) is 22.4 Å². The van der Waals surface area contributed by atoms with E-state index in [-0.39, 0.29) is 5.69 Å². The molecule has 0 spiro atoms. The van der Waals surface area contributed by atoms with Gasteiger partial charge in [0.2, 0.25) is 6.43 Å². The third kappa shape index (κ3) is 2.82. The molecule has 1 aliphatic heterocycles. The zero-order valence-corrected chi connectivity index (χ0v) is 12.7. The second-order valence-corrected chi connectivity index (χ2v) is 6.24. The van der Waals surface area contributed by atoms with Gasteiger partial charge in [0.05, 0.1) is 17.6 Å². The predicted molar refractivity (Wildman–Crippen MR) is 74.7 cm³/mol. The first-order valence-corrected chi connectivity index (χ1v) is 6.79. The molecule has 1 aromatic rings. The van der Waals surface area contributed by atoms with Gasteiger partial charge in [-0.15, -0.1) is 0 Å². The van der Waals surface area contributed by atoms with Crippen LogP contribution in [-0.4, -0.2) is 29.7 Å². The van der Waals surface area contributed by atoms with Gasteiger partial charge in [-0.25, -0.2) is 8.78 Å². The molecule has 1 saturated heterocycles. The molecule has 1 aromatic heterocycles. The third-order valence-electron chi connectivity index (χ3n) is 3.86. The summed E-state index contributed by atoms with van der Waals surface area (Å²) in [6.07, 6.45) is -1.56. The number of hydrogen-bond donors (Lipinski definition) is 0. The molecule has 7 heteroatoms. The molecule has 0 saturated carbocycles. The van der Waals surface area contributed by atoms with Crippen molar-refractivity contribution in [3.8, 4) is 0 Å². The quantitative estimate of drug-likeness (QED) is 0.805. The predicted octanol–water partition coefficient (Wildman–Crippen LogP) is 2.84. The van der Waals surface area contributed by atoms with Crippen LogP contribution in [0, 0.1) is 0 Å². The molecular formula is C13H17BClF2NO2. The molecule has 1 aliphatic rings. The number of aromatic nitrogens is 1. The first-order valence-electron chi connectivity index (χ1n) is 6.41. The zero-order valence-electron chi connectivity index (χ0n) is 11.9. The molecule has 0 amide bonds. The SMILES string of the molecule is CC1(C)OB(c2c(Cl)ccnc2CC(F)F)OC1(C)C. The van der Waals surface area contributed by atoms with Crippen LogP contribution in [0.4, 0.5) is 8.78 Å². The normalized spacial score (nSPS) is 20.7. The molecule has 0 N–H and O–H groups in total. The van der Waals surface area contributed by atoms with Crippen molar-refractivity contribution in [3.63, 3.8) is 0 Å². The Morgan fingerprint density at radius 3 is 2.30 bits per heavy atom. The van der Waals surface area contributed by atoms with Crippen molar-refractivity contribution < 1.29 is 18.1 Å². The number of nitrogens with zero attached hydrogens (tertiary/aromatic N) is 1. The van der Waals surface area contributed by atoms with Crippen LogP contribution in [0.3, 0.4) is 0 Å². The Morgan fingerprint density at radius 1 is 1.25 bits per heavy atom. The van der Waals surface area contributed by atoms with Gasteiger partial charge in [0.1, 0.15) is 0 Å². The summed E-state index contributed by atoms with van der Waals surface area (Å²) in [5, 5.41) is 0.328. The lowest BCUT2D eigenvalue weighted by Gasteiger charge is -2.32. The highest BCUT2D eigenvalue weighted by molar-refractivity contribution is 6.66. The minimum atomic E-state index is -2.50. The van der Waals surface area contributed by atoms with Crippen LogP contribution in [0.25, 0.3) is 0 Å². The van der Waals surface area contributed by atoms with Gasteiger partial charge >= 0.3 is 7.12 Å². The lowest BCUT2D eigenvalue weighted by Crippen LogP contribution is -2.41. The van der Waals surface area contributed by atoms with Crippen LogP contribution in [-0.2, 0) is 15.7 Å². The summed E-state index contributed by atoms with van der Waals surface area (Å²) in [7, 11) is -0.782. The van der Waals surface area contributed by atoms with Gasteiger partial charge in [-0.3, -0.25) is 4.98 Å². The fourth-order valence-corrected chi connectivity index (χ4v) is 2.26. The van der Waals surface area contributed by atoms with Gasteiger partial charge < -0.3 is 9.31 Å². The van der Waals surface area contributed by atoms with Gasteiger partial charge in [0.25, 0.3) is 0 Å². The van der Waals surface area contributed by atoms with Crippen LogP contribution in [0.15, 0.2) is 12.3 Å². The summed E-state index contributed by atoms with van der Waals surface area (Å²) in [6.45, 7) is 7.57. The van der Waals surface area contributed by atoms with E-state index in [4.69, 9.17) is 20.9 Å². The van der Waals surface area contributed by atoms with Crippen LogP contribution < -0.4 is 5.46 Å². The molecule has 2 heterocycles. The molecule has 1 fully saturated rings. The minimum absolute atomic E-state index is 0.214. The van der Waals surface area contributed by atoms with E-state index in [1.165, 1.54) is 6.20 Å². The standard InChI is InChI=1S/C13H17BClF2NO2/c1-12(2)13(3,4)20-14(19-12)11-8(15)5-6-18-9(11)7-10(16)17/h5-6,10H,7H2,1-4H3. The number of hydrogen-bond acceptors (Lipinski definition) is 3. The first kappa shape index (κ1) is 15.7. The lowest BCUT2D eigenvalue weighted by atomic mass is 9.77. The van der Waals surface area contributed by atoms with Gasteiger partial charge in [-0.05, 0) is 33.8 Å². The Kier molecular flexibility index (Phi) is 4.11. The minimum Gasteiger partial charge on any atom is -0.399 e. The zero-order chi connectivity index (χ0) is 15.1. The average molecular weight is 304 g/mol. The number of rotatable bonds is 3. The summed E-state index contributed by atoms with van der Waals surface area (Å²) in [5.41, 5.74) is -0.503. The van der Waals surface area contributed by atoms with E-state index < -0.39 is 31.2 Å². The van der Waals surface area contributed by atoms with E-state index in [2.05, 4.69) is 4.98 Å². The largest absolute Gasteiger partial charge is 0.498 e. The molecule has 0 aliphatic carbocycles. The third-order valence-corrected chi connectivity index (χ3v) is 4.19. The summed E-state index contributed by atoms with van der Waals surface area (Å²) in [6, 6.07) is 1.55. The monoisotopic (exact) mass is 303 g/mol. The lowest BCUT2D eigenvalue weighted by molar-refractivity contribution is 0.00578. The van der Waals surface area contributed by atoms with Crippen molar-refractivity contribution in [1.82, 2.24) is 4.98 Å². The van der Waals surface area contributed by atoms with E-state index in [0.717, 1.165) is 0 Å². The Morgan fingerprint density at radius 2 is 1.80 bits per heavy atom. The second-order valence-electron chi connectivity index (χ2n) is 5.84. The maximum Gasteiger partial charge on any atom is 0.498 e. The van der Waals surface area contributed by atoms with Crippen molar-refractivity contribution in [2.24, 2.45) is 0 Å². The highest BCUT2D eigenvalue weighted by Crippen LogP contribution is 2.37. The van der Waals surface area contributed by atoms with E-state index >= 15 is 0 Å². The van der Waals surface area contributed by atoms with Gasteiger partial charge in [-0.1, -0.05) is 11.6 Å². The maximum atomic E-state index is 12.7. The summed E-state index contributed by atoms with van der Waals surface area (Å²) in [4.78, 5) is 4.00. The molecule has 0 aromatic carbocycles. The molecule has 0 unspecified atom stereocenters. The van der Waals surface area contributed by atoms with Crippen molar-refractivity contribution in [1.29, 1.82) is 0 Å². The summed E-state index contributed by atoms with van der Waals surface area (Å²) >= 11 is 6.13. The Hall–Kier alpha value is -0.715. The summed E-state index contributed by atoms with van der Waals surface area (Å²) < 4.78 is 37.0. The Balaban J connectivity index is 2.39. The molecule has 0 bridgehead atoms. The molecule has 0 atom stereocenters. The fraction of sp³-hybridized carbons (Fsp3) is 0.615. The average Bonchev–Trinajstić information content (AvgIpc) is 2.46. The molecule has 110 valence electrons. The topological polar surface area (TPSA) is 31.4 Å². The molecule has 20 heavy (non-hydrogen) atoms. The van der Waals surface area contributed by atoms with Crippen molar-refractivity contribution >= 4 is 24.2 Å². The number of halogens is 3. The van der Waals surface area contributed by atoms with Crippen LogP contribution in [0.5, 0.6) is 0 Å². The maximum absolute atomic E-state index is 12.7. The molecular weight excluding hydrogens is 286 g/mol. The van der Waals surface area contributed by atoms with E-state index in [1.807, 2.05) is 27.7 Å². The smallest absolute Gasteiger partial charge is 0.399 e. The second kappa shape index (κ2) is 5.24. The number of pyridine rings is 1. The van der Waals surface area contributed by atoms with Gasteiger partial charge in [0.15, 0.2) is 0 Å². The Bertz CT molecular complexity index is 495. The van der Waals surface area contributed by atoms with Crippen molar-refractivity contribution in [3.05, 3.63) is 23.0 Å². The van der Waals surface area contributed by atoms with Crippen LogP contribution in [0.2, 0.25) is 5.02 Å². The van der Waals surface area contributed by atoms with Crippen LogP contribution in [0.1, 0.15) is 33.4 Å². The number of alkyl halides is 2. The highest BCUT2D eigenvalue weighted by Gasteiger charge is 2.53. The van der Waals surface area contributed by atoms with E-state index in [1.54, 1.807) is 6.07 Å². The first-order chi connectivity index (χ1) is 9.14. The summed E-state index contributed by atoms with van der Waals surface area (Å²) in [5.74, 6) is 0. The Labute approximate surface area is 122 Å². The molecule has 0 radical (unpaired) electrons. The van der Waals surface area contributed by atoms with Crippen molar-refractivity contribution in [2.75, 3.05) is 0 Å². The fourth-order valence-electron chi connectivity index (χ4n) is 2.01. The molecule has 3 nitrogen and oxygen atoms in total. The van der Waals surface area contributed by atoms with Gasteiger partial charge in [-0.2, -0.15) is 0 Å².